The van der Waals surface area contributed by atoms with E-state index in [4.69, 9.17) is 4.74 Å². The molecule has 0 amide bonds. The van der Waals surface area contributed by atoms with Crippen LogP contribution in [-0.2, 0) is 0 Å². The molecule has 1 aromatic carbocycles. The maximum atomic E-state index is 13.4. The van der Waals surface area contributed by atoms with E-state index >= 15 is 0 Å². The number of ether oxygens (including phenoxy) is 1. The molecule has 0 fully saturated rings. The van der Waals surface area contributed by atoms with Crippen molar-refractivity contribution in [2.24, 2.45) is 0 Å². The number of hydrogen-bond donors (Lipinski definition) is 0. The highest BCUT2D eigenvalue weighted by atomic mass is 19.2. The first-order chi connectivity index (χ1) is 7.49. The average molecular weight is 230 g/mol. The van der Waals surface area contributed by atoms with Gasteiger partial charge in [-0.2, -0.15) is 4.39 Å². The molecule has 1 nitrogen and oxygen atoms in total. The molecule has 1 rings (SSSR count). The molecule has 88 valence electrons. The summed E-state index contributed by atoms with van der Waals surface area (Å²) in [5.74, 6) is -3.69. The first kappa shape index (κ1) is 12.6. The van der Waals surface area contributed by atoms with Crippen molar-refractivity contribution in [1.82, 2.24) is 0 Å². The molecule has 0 spiro atoms. The van der Waals surface area contributed by atoms with Crippen LogP contribution in [0.3, 0.4) is 0 Å². The molecule has 0 aliphatic rings. The summed E-state index contributed by atoms with van der Waals surface area (Å²) in [4.78, 5) is 0. The van der Waals surface area contributed by atoms with Gasteiger partial charge < -0.3 is 4.74 Å². The van der Waals surface area contributed by atoms with E-state index in [0.29, 0.717) is 18.1 Å². The maximum Gasteiger partial charge on any atom is 0.201 e. The fourth-order valence-corrected chi connectivity index (χ4v) is 1.31. The first-order valence-corrected chi connectivity index (χ1v) is 4.95. The van der Waals surface area contributed by atoms with E-state index in [2.05, 4.69) is 6.58 Å². The molecule has 0 aromatic heterocycles. The van der Waals surface area contributed by atoms with Crippen LogP contribution in [0.5, 0.6) is 5.75 Å². The summed E-state index contributed by atoms with van der Waals surface area (Å²) in [7, 11) is 0. The number of halogens is 3. The van der Waals surface area contributed by atoms with Crippen molar-refractivity contribution in [1.29, 1.82) is 0 Å². The minimum Gasteiger partial charge on any atom is -0.490 e. The van der Waals surface area contributed by atoms with Gasteiger partial charge in [0.2, 0.25) is 5.82 Å². The molecular weight excluding hydrogens is 217 g/mol. The third kappa shape index (κ3) is 2.38. The van der Waals surface area contributed by atoms with Crippen LogP contribution in [0.15, 0.2) is 12.6 Å². The number of allylic oxidation sites excluding steroid dienone is 1. The molecule has 4 heteroatoms. The van der Waals surface area contributed by atoms with Crippen LogP contribution >= 0.6 is 0 Å². The molecule has 0 saturated heterocycles. The predicted molar refractivity (Wildman–Crippen MR) is 56.8 cm³/mol. The number of benzene rings is 1. The molecular formula is C12H13F3O. The highest BCUT2D eigenvalue weighted by Gasteiger charge is 2.20. The zero-order chi connectivity index (χ0) is 12.3. The van der Waals surface area contributed by atoms with Gasteiger partial charge in [-0.15, -0.1) is 0 Å². The summed E-state index contributed by atoms with van der Waals surface area (Å²) in [6, 6.07) is 0.498. The standard InChI is InChI=1S/C12H13F3O/c1-4-5-16-12-10(7(2)3)8(13)6-9(14)11(12)15/h6H,2,4-5H2,1,3H3. The zero-order valence-electron chi connectivity index (χ0n) is 9.24. The van der Waals surface area contributed by atoms with Crippen molar-refractivity contribution >= 4 is 5.57 Å². The topological polar surface area (TPSA) is 9.23 Å². The Bertz CT molecular complexity index is 413. The summed E-state index contributed by atoms with van der Waals surface area (Å²) in [6.45, 7) is 7.03. The molecule has 0 bridgehead atoms. The van der Waals surface area contributed by atoms with Crippen LogP contribution in [0.2, 0.25) is 0 Å². The average Bonchev–Trinajstić information content (AvgIpc) is 2.20. The normalized spacial score (nSPS) is 10.3. The molecule has 0 heterocycles. The van der Waals surface area contributed by atoms with Crippen LogP contribution in [0, 0.1) is 17.5 Å². The Morgan fingerprint density at radius 2 is 1.94 bits per heavy atom. The molecule has 0 aliphatic heterocycles. The van der Waals surface area contributed by atoms with E-state index in [-0.39, 0.29) is 12.2 Å². The molecule has 1 aromatic rings. The summed E-state index contributed by atoms with van der Waals surface area (Å²) in [5.41, 5.74) is 0.190. The minimum absolute atomic E-state index is 0.104. The Kier molecular flexibility index (Phi) is 3.99. The molecule has 0 saturated carbocycles. The molecule has 0 aliphatic carbocycles. The zero-order valence-corrected chi connectivity index (χ0v) is 9.24. The van der Waals surface area contributed by atoms with E-state index in [1.54, 1.807) is 0 Å². The van der Waals surface area contributed by atoms with Gasteiger partial charge in [-0.25, -0.2) is 8.78 Å². The van der Waals surface area contributed by atoms with E-state index in [1.807, 2.05) is 6.92 Å². The Balaban J connectivity index is 3.33. The van der Waals surface area contributed by atoms with Crippen molar-refractivity contribution in [2.75, 3.05) is 6.61 Å². The Labute approximate surface area is 92.5 Å². The SMILES string of the molecule is C=C(C)c1c(F)cc(F)c(F)c1OCCC. The lowest BCUT2D eigenvalue weighted by Gasteiger charge is -2.13. The summed E-state index contributed by atoms with van der Waals surface area (Å²) in [5, 5.41) is 0. The lowest BCUT2D eigenvalue weighted by Crippen LogP contribution is -2.04. The van der Waals surface area contributed by atoms with Crippen molar-refractivity contribution in [2.45, 2.75) is 20.3 Å². The highest BCUT2D eigenvalue weighted by Crippen LogP contribution is 2.32. The van der Waals surface area contributed by atoms with E-state index in [9.17, 15) is 13.2 Å². The molecule has 0 N–H and O–H groups in total. The minimum atomic E-state index is -1.26. The van der Waals surface area contributed by atoms with Gasteiger partial charge in [0, 0.05) is 6.07 Å². The second-order valence-electron chi connectivity index (χ2n) is 3.49. The van der Waals surface area contributed by atoms with Crippen LogP contribution in [0.4, 0.5) is 13.2 Å². The second kappa shape index (κ2) is 5.05. The monoisotopic (exact) mass is 230 g/mol. The van der Waals surface area contributed by atoms with Crippen molar-refractivity contribution < 1.29 is 17.9 Å². The molecule has 0 atom stereocenters. The summed E-state index contributed by atoms with van der Waals surface area (Å²) >= 11 is 0. The molecule has 0 radical (unpaired) electrons. The van der Waals surface area contributed by atoms with Gasteiger partial charge in [0.05, 0.1) is 12.2 Å². The quantitative estimate of drug-likeness (QED) is 0.712. The fourth-order valence-electron chi connectivity index (χ4n) is 1.31. The fraction of sp³-hybridized carbons (Fsp3) is 0.333. The van der Waals surface area contributed by atoms with E-state index in [1.165, 1.54) is 6.92 Å². The van der Waals surface area contributed by atoms with E-state index in [0.717, 1.165) is 0 Å². The van der Waals surface area contributed by atoms with Crippen LogP contribution in [0.1, 0.15) is 25.8 Å². The molecule has 16 heavy (non-hydrogen) atoms. The molecule has 0 unspecified atom stereocenters. The second-order valence-corrected chi connectivity index (χ2v) is 3.49. The van der Waals surface area contributed by atoms with Gasteiger partial charge >= 0.3 is 0 Å². The van der Waals surface area contributed by atoms with Crippen molar-refractivity contribution in [3.8, 4) is 5.75 Å². The summed E-state index contributed by atoms with van der Waals surface area (Å²) < 4.78 is 44.8. The Morgan fingerprint density at radius 3 is 2.44 bits per heavy atom. The Morgan fingerprint density at radius 1 is 1.31 bits per heavy atom. The van der Waals surface area contributed by atoms with Gasteiger partial charge in [-0.1, -0.05) is 13.5 Å². The van der Waals surface area contributed by atoms with Gasteiger partial charge in [0.15, 0.2) is 11.6 Å². The lowest BCUT2D eigenvalue weighted by atomic mass is 10.1. The highest BCUT2D eigenvalue weighted by molar-refractivity contribution is 5.68. The lowest BCUT2D eigenvalue weighted by molar-refractivity contribution is 0.291. The smallest absolute Gasteiger partial charge is 0.201 e. The van der Waals surface area contributed by atoms with Crippen molar-refractivity contribution in [3.63, 3.8) is 0 Å². The van der Waals surface area contributed by atoms with Crippen molar-refractivity contribution in [3.05, 3.63) is 35.7 Å². The number of hydrogen-bond acceptors (Lipinski definition) is 1. The third-order valence-corrected chi connectivity index (χ3v) is 2.01. The largest absolute Gasteiger partial charge is 0.490 e. The first-order valence-electron chi connectivity index (χ1n) is 4.95. The van der Waals surface area contributed by atoms with E-state index < -0.39 is 23.2 Å². The van der Waals surface area contributed by atoms with Crippen LogP contribution in [0.25, 0.3) is 5.57 Å². The summed E-state index contributed by atoms with van der Waals surface area (Å²) in [6.07, 6.45) is 0.618. The van der Waals surface area contributed by atoms with Crippen LogP contribution < -0.4 is 4.74 Å². The predicted octanol–water partition coefficient (Wildman–Crippen LogP) is 3.93. The van der Waals surface area contributed by atoms with Gasteiger partial charge in [0.25, 0.3) is 0 Å². The van der Waals surface area contributed by atoms with Crippen LogP contribution in [-0.4, -0.2) is 6.61 Å². The number of rotatable bonds is 4. The third-order valence-electron chi connectivity index (χ3n) is 2.01. The van der Waals surface area contributed by atoms with Gasteiger partial charge in [-0.3, -0.25) is 0 Å². The Hall–Kier alpha value is -1.45. The maximum absolute atomic E-state index is 13.4. The van der Waals surface area contributed by atoms with Gasteiger partial charge in [0.1, 0.15) is 5.82 Å². The van der Waals surface area contributed by atoms with Gasteiger partial charge in [-0.05, 0) is 18.9 Å².